The number of nitrogen functional groups attached to an aromatic ring is 1. The maximum Gasteiger partial charge on any atom is 0.230 e. The van der Waals surface area contributed by atoms with Crippen LogP contribution in [0.4, 0.5) is 0 Å². The molecular formula is C12H16BrN3OS. The minimum absolute atomic E-state index is 0.00533. The zero-order valence-corrected chi connectivity index (χ0v) is 12.7. The highest BCUT2D eigenvalue weighted by Gasteiger charge is 2.12. The van der Waals surface area contributed by atoms with Gasteiger partial charge in [-0.2, -0.15) is 0 Å². The number of hydrogen-bond donors (Lipinski definition) is 3. The Bertz CT molecular complexity index is 463. The Morgan fingerprint density at radius 2 is 2.22 bits per heavy atom. The number of nitrogens with two attached hydrogens (primary N) is 1. The Kier molecular flexibility index (Phi) is 5.68. The summed E-state index contributed by atoms with van der Waals surface area (Å²) in [6.07, 6.45) is 0. The smallest absolute Gasteiger partial charge is 0.230 e. The van der Waals surface area contributed by atoms with Gasteiger partial charge in [0.25, 0.3) is 0 Å². The first-order chi connectivity index (χ1) is 8.41. The van der Waals surface area contributed by atoms with Gasteiger partial charge in [0.15, 0.2) is 0 Å². The molecule has 0 aliphatic carbocycles. The van der Waals surface area contributed by atoms with Crippen molar-refractivity contribution in [2.45, 2.75) is 24.8 Å². The molecule has 0 radical (unpaired) electrons. The number of rotatable bonds is 5. The number of amidine groups is 1. The van der Waals surface area contributed by atoms with Crippen LogP contribution in [0.5, 0.6) is 0 Å². The highest BCUT2D eigenvalue weighted by molar-refractivity contribution is 9.10. The largest absolute Gasteiger partial charge is 0.384 e. The van der Waals surface area contributed by atoms with Gasteiger partial charge in [0, 0.05) is 21.0 Å². The number of nitrogens with one attached hydrogen (secondary N) is 2. The lowest BCUT2D eigenvalue weighted by Crippen LogP contribution is -2.31. The molecule has 0 fully saturated rings. The zero-order chi connectivity index (χ0) is 13.7. The van der Waals surface area contributed by atoms with E-state index >= 15 is 0 Å². The summed E-state index contributed by atoms with van der Waals surface area (Å²) < 4.78 is 0.768. The predicted molar refractivity (Wildman–Crippen MR) is 79.2 cm³/mol. The maximum absolute atomic E-state index is 11.6. The molecule has 0 unspecified atom stereocenters. The standard InChI is InChI=1S/C12H16BrN3OS/c1-7(2)16-10(17)6-18-9-5-3-4-8(13)11(9)12(14)15/h3-5,7H,6H2,1-2H3,(H3,14,15)(H,16,17). The van der Waals surface area contributed by atoms with E-state index in [1.807, 2.05) is 32.0 Å². The van der Waals surface area contributed by atoms with Gasteiger partial charge in [0.05, 0.1) is 5.75 Å². The predicted octanol–water partition coefficient (Wildman–Crippen LogP) is 2.35. The molecule has 1 aromatic rings. The lowest BCUT2D eigenvalue weighted by atomic mass is 10.2. The summed E-state index contributed by atoms with van der Waals surface area (Å²) in [4.78, 5) is 12.4. The van der Waals surface area contributed by atoms with E-state index in [9.17, 15) is 4.79 Å². The van der Waals surface area contributed by atoms with E-state index in [1.54, 1.807) is 0 Å². The van der Waals surface area contributed by atoms with E-state index in [0.717, 1.165) is 9.37 Å². The second kappa shape index (κ2) is 6.80. The molecule has 18 heavy (non-hydrogen) atoms. The minimum atomic E-state index is -0.0236. The first kappa shape index (κ1) is 15.0. The van der Waals surface area contributed by atoms with Crippen molar-refractivity contribution in [1.29, 1.82) is 5.41 Å². The van der Waals surface area contributed by atoms with Crippen LogP contribution in [-0.2, 0) is 4.79 Å². The molecule has 1 amide bonds. The molecule has 0 atom stereocenters. The third-order valence-corrected chi connectivity index (χ3v) is 3.77. The van der Waals surface area contributed by atoms with Crippen LogP contribution in [0.2, 0.25) is 0 Å². The third-order valence-electron chi connectivity index (χ3n) is 2.05. The zero-order valence-electron chi connectivity index (χ0n) is 10.3. The monoisotopic (exact) mass is 329 g/mol. The lowest BCUT2D eigenvalue weighted by molar-refractivity contribution is -0.119. The Morgan fingerprint density at radius 1 is 1.56 bits per heavy atom. The minimum Gasteiger partial charge on any atom is -0.384 e. The van der Waals surface area contributed by atoms with E-state index in [-0.39, 0.29) is 17.8 Å². The third kappa shape index (κ3) is 4.34. The van der Waals surface area contributed by atoms with E-state index in [2.05, 4.69) is 21.2 Å². The van der Waals surface area contributed by atoms with Gasteiger partial charge in [-0.25, -0.2) is 0 Å². The summed E-state index contributed by atoms with van der Waals surface area (Å²) >= 11 is 4.74. The van der Waals surface area contributed by atoms with Crippen molar-refractivity contribution in [3.63, 3.8) is 0 Å². The van der Waals surface area contributed by atoms with Crippen molar-refractivity contribution in [1.82, 2.24) is 5.32 Å². The molecule has 98 valence electrons. The molecule has 0 saturated heterocycles. The fourth-order valence-electron chi connectivity index (χ4n) is 1.39. The Balaban J connectivity index is 2.76. The van der Waals surface area contributed by atoms with Gasteiger partial charge in [0.2, 0.25) is 5.91 Å². The van der Waals surface area contributed by atoms with Crippen LogP contribution >= 0.6 is 27.7 Å². The second-order valence-electron chi connectivity index (χ2n) is 4.04. The summed E-state index contributed by atoms with van der Waals surface area (Å²) in [5, 5.41) is 10.4. The van der Waals surface area contributed by atoms with Crippen LogP contribution in [0.25, 0.3) is 0 Å². The summed E-state index contributed by atoms with van der Waals surface area (Å²) in [5.41, 5.74) is 6.18. The van der Waals surface area contributed by atoms with Gasteiger partial charge >= 0.3 is 0 Å². The molecule has 1 rings (SSSR count). The van der Waals surface area contributed by atoms with E-state index < -0.39 is 0 Å². The van der Waals surface area contributed by atoms with E-state index in [4.69, 9.17) is 11.1 Å². The summed E-state index contributed by atoms with van der Waals surface area (Å²) in [6.45, 7) is 3.84. The summed E-state index contributed by atoms with van der Waals surface area (Å²) in [5.74, 6) is 0.285. The van der Waals surface area contributed by atoms with Crippen molar-refractivity contribution < 1.29 is 4.79 Å². The van der Waals surface area contributed by atoms with Crippen molar-refractivity contribution in [3.8, 4) is 0 Å². The first-order valence-electron chi connectivity index (χ1n) is 5.47. The molecule has 4 nitrogen and oxygen atoms in total. The molecule has 0 aromatic heterocycles. The van der Waals surface area contributed by atoms with Crippen LogP contribution in [0.15, 0.2) is 27.6 Å². The number of carbonyl (C=O) groups is 1. The van der Waals surface area contributed by atoms with Gasteiger partial charge in [-0.05, 0) is 41.9 Å². The normalized spacial score (nSPS) is 10.4. The van der Waals surface area contributed by atoms with Crippen LogP contribution in [0, 0.1) is 5.41 Å². The molecule has 1 aromatic carbocycles. The molecule has 4 N–H and O–H groups in total. The number of amides is 1. The fraction of sp³-hybridized carbons (Fsp3) is 0.333. The topological polar surface area (TPSA) is 79.0 Å². The quantitative estimate of drug-likeness (QED) is 0.440. The van der Waals surface area contributed by atoms with Gasteiger partial charge in [-0.1, -0.05) is 6.07 Å². The highest BCUT2D eigenvalue weighted by atomic mass is 79.9. The Hall–Kier alpha value is -1.01. The van der Waals surface area contributed by atoms with Crippen LogP contribution in [0.1, 0.15) is 19.4 Å². The number of hydrogen-bond acceptors (Lipinski definition) is 3. The van der Waals surface area contributed by atoms with Crippen molar-refractivity contribution in [2.75, 3.05) is 5.75 Å². The summed E-state index contributed by atoms with van der Waals surface area (Å²) in [7, 11) is 0. The molecule has 6 heteroatoms. The van der Waals surface area contributed by atoms with Crippen LogP contribution in [-0.4, -0.2) is 23.5 Å². The second-order valence-corrected chi connectivity index (χ2v) is 5.91. The molecular weight excluding hydrogens is 314 g/mol. The average molecular weight is 330 g/mol. The number of halogens is 1. The van der Waals surface area contributed by atoms with Crippen LogP contribution in [0.3, 0.4) is 0 Å². The van der Waals surface area contributed by atoms with Crippen molar-refractivity contribution >= 4 is 39.4 Å². The first-order valence-corrected chi connectivity index (χ1v) is 7.24. The average Bonchev–Trinajstić information content (AvgIpc) is 2.24. The number of carbonyl (C=O) groups excluding carboxylic acids is 1. The van der Waals surface area contributed by atoms with Crippen molar-refractivity contribution in [3.05, 3.63) is 28.2 Å². The Morgan fingerprint density at radius 3 is 2.78 bits per heavy atom. The molecule has 0 aliphatic rings. The van der Waals surface area contributed by atoms with Gasteiger partial charge in [-0.3, -0.25) is 10.2 Å². The van der Waals surface area contributed by atoms with Gasteiger partial charge in [0.1, 0.15) is 5.84 Å². The molecule has 0 aliphatic heterocycles. The fourth-order valence-corrected chi connectivity index (χ4v) is 3.01. The summed E-state index contributed by atoms with van der Waals surface area (Å²) in [6, 6.07) is 5.68. The van der Waals surface area contributed by atoms with Gasteiger partial charge < -0.3 is 11.1 Å². The van der Waals surface area contributed by atoms with E-state index in [0.29, 0.717) is 11.3 Å². The Labute approximate surface area is 119 Å². The number of thioether (sulfide) groups is 1. The SMILES string of the molecule is CC(C)NC(=O)CSc1cccc(Br)c1C(=N)N. The maximum atomic E-state index is 11.6. The molecule has 0 heterocycles. The van der Waals surface area contributed by atoms with Crippen molar-refractivity contribution in [2.24, 2.45) is 5.73 Å². The molecule has 0 spiro atoms. The van der Waals surface area contributed by atoms with Crippen LogP contribution < -0.4 is 11.1 Å². The lowest BCUT2D eigenvalue weighted by Gasteiger charge is -2.11. The molecule has 0 saturated carbocycles. The molecule has 0 bridgehead atoms. The van der Waals surface area contributed by atoms with E-state index in [1.165, 1.54) is 11.8 Å². The number of benzene rings is 1. The highest BCUT2D eigenvalue weighted by Crippen LogP contribution is 2.28. The van der Waals surface area contributed by atoms with Gasteiger partial charge in [-0.15, -0.1) is 11.8 Å².